The molecule has 1 heterocycles. The average Bonchev–Trinajstić information content (AvgIpc) is 2.48. The van der Waals surface area contributed by atoms with Gasteiger partial charge in [-0.05, 0) is 49.4 Å². The Morgan fingerprint density at radius 2 is 1.71 bits per heavy atom. The van der Waals surface area contributed by atoms with E-state index in [1.165, 1.54) is 19.1 Å². The molecular weight excluding hydrogens is 266 g/mol. The number of hydrogen-bond acceptors (Lipinski definition) is 4. The van der Waals surface area contributed by atoms with Gasteiger partial charge in [0.1, 0.15) is 0 Å². The Kier molecular flexibility index (Phi) is 4.82. The van der Waals surface area contributed by atoms with Crippen molar-refractivity contribution in [3.8, 4) is 0 Å². The Bertz CT molecular complexity index is 649. The van der Waals surface area contributed by atoms with Gasteiger partial charge in [-0.25, -0.2) is 0 Å². The Hall–Kier alpha value is -2.95. The molecule has 1 aromatic carbocycles. The lowest BCUT2D eigenvalue weighted by molar-refractivity contribution is -0.114. The van der Waals surface area contributed by atoms with Crippen molar-refractivity contribution >= 4 is 28.8 Å². The van der Waals surface area contributed by atoms with Crippen molar-refractivity contribution in [2.45, 2.75) is 6.92 Å². The van der Waals surface area contributed by atoms with Crippen LogP contribution in [-0.4, -0.2) is 16.7 Å². The summed E-state index contributed by atoms with van der Waals surface area (Å²) in [5.41, 5.74) is 2.43. The lowest BCUT2D eigenvalue weighted by Gasteiger charge is -2.07. The van der Waals surface area contributed by atoms with Gasteiger partial charge in [0.15, 0.2) is 5.78 Å². The number of aromatic nitrogens is 1. The largest absolute Gasteiger partial charge is 0.354 e. The molecular formula is C16H15N3O2. The van der Waals surface area contributed by atoms with Crippen LogP contribution in [0, 0.1) is 0 Å². The minimum absolute atomic E-state index is 0.166. The second kappa shape index (κ2) is 7.00. The van der Waals surface area contributed by atoms with Gasteiger partial charge in [-0.15, -0.1) is 0 Å². The van der Waals surface area contributed by atoms with Crippen LogP contribution in [0.25, 0.3) is 0 Å². The zero-order chi connectivity index (χ0) is 15.1. The average molecular weight is 281 g/mol. The summed E-state index contributed by atoms with van der Waals surface area (Å²) in [5, 5.41) is 5.86. The lowest BCUT2D eigenvalue weighted by Crippen LogP contribution is -2.08. The highest BCUT2D eigenvalue weighted by Gasteiger charge is 1.99. The summed E-state index contributed by atoms with van der Waals surface area (Å²) in [6.07, 6.45) is 5.87. The molecule has 0 aliphatic rings. The first-order chi connectivity index (χ1) is 10.1. The van der Waals surface area contributed by atoms with E-state index in [9.17, 15) is 9.59 Å². The van der Waals surface area contributed by atoms with E-state index in [2.05, 4.69) is 15.6 Å². The molecule has 1 aromatic heterocycles. The van der Waals surface area contributed by atoms with Crippen LogP contribution in [0.15, 0.2) is 60.9 Å². The van der Waals surface area contributed by atoms with Crippen molar-refractivity contribution in [2.75, 3.05) is 10.6 Å². The van der Waals surface area contributed by atoms with Crippen molar-refractivity contribution in [1.29, 1.82) is 0 Å². The fraction of sp³-hybridized carbons (Fsp3) is 0.0625. The number of ketones is 1. The highest BCUT2D eigenvalue weighted by atomic mass is 16.1. The Morgan fingerprint density at radius 1 is 1.00 bits per heavy atom. The SMILES string of the molecule is CC(=O)/C=C\C(=O)Nc1ccc(Nc2cccnc2)cc1. The van der Waals surface area contributed by atoms with Crippen molar-refractivity contribution in [3.63, 3.8) is 0 Å². The molecule has 0 radical (unpaired) electrons. The quantitative estimate of drug-likeness (QED) is 0.827. The first kappa shape index (κ1) is 14.5. The van der Waals surface area contributed by atoms with Crippen molar-refractivity contribution in [2.24, 2.45) is 0 Å². The van der Waals surface area contributed by atoms with E-state index in [-0.39, 0.29) is 11.7 Å². The number of nitrogens with one attached hydrogen (secondary N) is 2. The van der Waals surface area contributed by atoms with Crippen LogP contribution >= 0.6 is 0 Å². The molecule has 5 heteroatoms. The molecule has 0 bridgehead atoms. The van der Waals surface area contributed by atoms with E-state index < -0.39 is 0 Å². The van der Waals surface area contributed by atoms with Crippen LogP contribution in [-0.2, 0) is 9.59 Å². The second-order valence-corrected chi connectivity index (χ2v) is 4.38. The molecule has 5 nitrogen and oxygen atoms in total. The van der Waals surface area contributed by atoms with Crippen LogP contribution < -0.4 is 10.6 Å². The zero-order valence-corrected chi connectivity index (χ0v) is 11.5. The van der Waals surface area contributed by atoms with Gasteiger partial charge in [0.2, 0.25) is 5.91 Å². The van der Waals surface area contributed by atoms with Crippen LogP contribution in [0.3, 0.4) is 0 Å². The van der Waals surface area contributed by atoms with E-state index in [0.717, 1.165) is 11.4 Å². The zero-order valence-electron chi connectivity index (χ0n) is 11.5. The second-order valence-electron chi connectivity index (χ2n) is 4.38. The van der Waals surface area contributed by atoms with Crippen LogP contribution in [0.2, 0.25) is 0 Å². The molecule has 0 saturated heterocycles. The topological polar surface area (TPSA) is 71.1 Å². The maximum absolute atomic E-state index is 11.5. The van der Waals surface area contributed by atoms with Crippen LogP contribution in [0.4, 0.5) is 17.1 Å². The molecule has 0 fully saturated rings. The number of allylic oxidation sites excluding steroid dienone is 1. The first-order valence-electron chi connectivity index (χ1n) is 6.40. The smallest absolute Gasteiger partial charge is 0.248 e. The molecule has 0 aliphatic carbocycles. The molecule has 1 amide bonds. The minimum atomic E-state index is -0.335. The number of anilines is 3. The monoisotopic (exact) mass is 281 g/mol. The molecule has 0 saturated carbocycles. The maximum Gasteiger partial charge on any atom is 0.248 e. The van der Waals surface area contributed by atoms with Gasteiger partial charge in [0.05, 0.1) is 11.9 Å². The molecule has 0 spiro atoms. The van der Waals surface area contributed by atoms with Gasteiger partial charge in [0, 0.05) is 23.6 Å². The molecule has 2 N–H and O–H groups in total. The summed E-state index contributed by atoms with van der Waals surface area (Å²) in [7, 11) is 0. The molecule has 2 rings (SSSR count). The number of carbonyl (C=O) groups excluding carboxylic acids is 2. The summed E-state index contributed by atoms with van der Waals surface area (Å²) in [6.45, 7) is 1.39. The number of nitrogens with zero attached hydrogens (tertiary/aromatic N) is 1. The molecule has 21 heavy (non-hydrogen) atoms. The van der Waals surface area contributed by atoms with Crippen molar-refractivity contribution in [3.05, 3.63) is 60.9 Å². The third-order valence-electron chi connectivity index (χ3n) is 2.57. The highest BCUT2D eigenvalue weighted by Crippen LogP contribution is 2.18. The molecule has 106 valence electrons. The standard InChI is InChI=1S/C16H15N3O2/c1-12(20)4-9-16(21)19-14-7-5-13(6-8-14)18-15-3-2-10-17-11-15/h2-11,18H,1H3,(H,19,21)/b9-4-. The maximum atomic E-state index is 11.5. The molecule has 0 aliphatic heterocycles. The molecule has 2 aromatic rings. The van der Waals surface area contributed by atoms with E-state index in [1.54, 1.807) is 24.5 Å². The van der Waals surface area contributed by atoms with Gasteiger partial charge >= 0.3 is 0 Å². The van der Waals surface area contributed by atoms with E-state index in [0.29, 0.717) is 5.69 Å². The predicted octanol–water partition coefficient (Wildman–Crippen LogP) is 2.91. The first-order valence-corrected chi connectivity index (χ1v) is 6.40. The summed E-state index contributed by atoms with van der Waals surface area (Å²) in [5.74, 6) is -0.501. The predicted molar refractivity (Wildman–Crippen MR) is 82.4 cm³/mol. The number of rotatable bonds is 5. The third kappa shape index (κ3) is 4.91. The van der Waals surface area contributed by atoms with Gasteiger partial charge in [-0.2, -0.15) is 0 Å². The van der Waals surface area contributed by atoms with E-state index >= 15 is 0 Å². The van der Waals surface area contributed by atoms with Crippen LogP contribution in [0.5, 0.6) is 0 Å². The summed E-state index contributed by atoms with van der Waals surface area (Å²) in [4.78, 5) is 26.3. The Morgan fingerprint density at radius 3 is 2.33 bits per heavy atom. The van der Waals surface area contributed by atoms with Crippen molar-refractivity contribution in [1.82, 2.24) is 4.98 Å². The van der Waals surface area contributed by atoms with Gasteiger partial charge < -0.3 is 10.6 Å². The van der Waals surface area contributed by atoms with Crippen LogP contribution in [0.1, 0.15) is 6.92 Å². The fourth-order valence-corrected chi connectivity index (χ4v) is 1.62. The fourth-order valence-electron chi connectivity index (χ4n) is 1.62. The van der Waals surface area contributed by atoms with Gasteiger partial charge in [0.25, 0.3) is 0 Å². The summed E-state index contributed by atoms with van der Waals surface area (Å²) >= 11 is 0. The summed E-state index contributed by atoms with van der Waals surface area (Å²) < 4.78 is 0. The molecule has 0 unspecified atom stereocenters. The normalized spacial score (nSPS) is 10.3. The van der Waals surface area contributed by atoms with Gasteiger partial charge in [-0.1, -0.05) is 0 Å². The summed E-state index contributed by atoms with van der Waals surface area (Å²) in [6, 6.07) is 11.0. The number of benzene rings is 1. The van der Waals surface area contributed by atoms with E-state index in [1.807, 2.05) is 24.3 Å². The highest BCUT2D eigenvalue weighted by molar-refractivity contribution is 6.03. The minimum Gasteiger partial charge on any atom is -0.354 e. The number of carbonyl (C=O) groups is 2. The lowest BCUT2D eigenvalue weighted by atomic mass is 10.2. The van der Waals surface area contributed by atoms with Gasteiger partial charge in [-0.3, -0.25) is 14.6 Å². The Labute approximate surface area is 122 Å². The molecule has 0 atom stereocenters. The number of pyridine rings is 1. The third-order valence-corrected chi connectivity index (χ3v) is 2.57. The van der Waals surface area contributed by atoms with Crippen molar-refractivity contribution < 1.29 is 9.59 Å². The van der Waals surface area contributed by atoms with E-state index in [4.69, 9.17) is 0 Å². The number of amides is 1. The number of hydrogen-bond donors (Lipinski definition) is 2. The Balaban J connectivity index is 1.96.